The molecule has 1 aliphatic heterocycles. The number of hydrogen-bond donors (Lipinski definition) is 0. The largest absolute Gasteiger partial charge is 0.248 e. The van der Waals surface area contributed by atoms with E-state index >= 15 is 0 Å². The van der Waals surface area contributed by atoms with Crippen LogP contribution in [0.25, 0.3) is 77.6 Å². The molecule has 4 heteroatoms. The Morgan fingerprint density at radius 2 is 0.956 bits per heavy atom. The Kier molecular flexibility index (Phi) is 5.65. The lowest BCUT2D eigenvalue weighted by Gasteiger charge is -2.18. The van der Waals surface area contributed by atoms with Crippen LogP contribution in [0.5, 0.6) is 0 Å². The maximum atomic E-state index is 5.15. The summed E-state index contributed by atoms with van der Waals surface area (Å²) in [4.78, 5) is 15.3. The first kappa shape index (κ1) is 26.0. The van der Waals surface area contributed by atoms with Gasteiger partial charge in [-0.2, -0.15) is 0 Å². The summed E-state index contributed by atoms with van der Waals surface area (Å²) in [5.74, 6) is 0. The Hall–Kier alpha value is -5.45. The van der Waals surface area contributed by atoms with Crippen LogP contribution < -0.4 is 10.4 Å². The second kappa shape index (κ2) is 9.78. The standard InChI is InChI=1S/C41H29N3Si/c1-45(2)37-11-7-6-10-32(37)39-31-20-23-33(42-36(31)24-25-38(39)45)27-12-14-28(15-13-27)35-22-19-30-17-16-29-18-21-34(26-8-4-3-5-9-26)43-40(29)41(30)44-35/h3-25H,1-2H3. The Morgan fingerprint density at radius 1 is 0.422 bits per heavy atom. The first-order valence-electron chi connectivity index (χ1n) is 15.5. The van der Waals surface area contributed by atoms with E-state index < -0.39 is 8.07 Å². The summed E-state index contributed by atoms with van der Waals surface area (Å²) in [7, 11) is -1.70. The first-order chi connectivity index (χ1) is 22.0. The van der Waals surface area contributed by atoms with Gasteiger partial charge in [-0.3, -0.25) is 0 Å². The van der Waals surface area contributed by atoms with Crippen molar-refractivity contribution in [3.63, 3.8) is 0 Å². The highest BCUT2D eigenvalue weighted by molar-refractivity contribution is 7.04. The van der Waals surface area contributed by atoms with Gasteiger partial charge in [0, 0.05) is 32.8 Å². The van der Waals surface area contributed by atoms with Gasteiger partial charge in [0.2, 0.25) is 0 Å². The molecule has 0 saturated heterocycles. The minimum Gasteiger partial charge on any atom is -0.248 e. The van der Waals surface area contributed by atoms with E-state index in [1.54, 1.807) is 0 Å². The summed E-state index contributed by atoms with van der Waals surface area (Å²) in [6, 6.07) is 49.6. The predicted octanol–water partition coefficient (Wildman–Crippen LogP) is 9.14. The lowest BCUT2D eigenvalue weighted by atomic mass is 9.99. The molecule has 0 fully saturated rings. The average molecular weight is 592 g/mol. The van der Waals surface area contributed by atoms with Crippen LogP contribution in [0.2, 0.25) is 13.1 Å². The third-order valence-electron chi connectivity index (χ3n) is 9.48. The molecule has 0 bridgehead atoms. The molecule has 4 heterocycles. The Labute approximate surface area is 262 Å². The van der Waals surface area contributed by atoms with E-state index in [1.807, 2.05) is 18.2 Å². The van der Waals surface area contributed by atoms with Crippen LogP contribution in [0.15, 0.2) is 140 Å². The number of pyridine rings is 3. The van der Waals surface area contributed by atoms with E-state index in [1.165, 1.54) is 26.9 Å². The molecule has 0 radical (unpaired) electrons. The van der Waals surface area contributed by atoms with Crippen LogP contribution in [0, 0.1) is 0 Å². The van der Waals surface area contributed by atoms with E-state index in [-0.39, 0.29) is 0 Å². The van der Waals surface area contributed by atoms with Gasteiger partial charge in [-0.1, -0.05) is 128 Å². The van der Waals surface area contributed by atoms with Crippen molar-refractivity contribution in [1.29, 1.82) is 0 Å². The average Bonchev–Trinajstić information content (AvgIpc) is 3.34. The summed E-state index contributed by atoms with van der Waals surface area (Å²) in [6.07, 6.45) is 0. The topological polar surface area (TPSA) is 38.7 Å². The van der Waals surface area contributed by atoms with Crippen LogP contribution >= 0.6 is 0 Å². The second-order valence-corrected chi connectivity index (χ2v) is 16.8. The molecule has 9 rings (SSSR count). The molecular formula is C41H29N3Si. The molecular weight excluding hydrogens is 563 g/mol. The third kappa shape index (κ3) is 4.06. The van der Waals surface area contributed by atoms with Gasteiger partial charge in [0.15, 0.2) is 0 Å². The van der Waals surface area contributed by atoms with E-state index in [9.17, 15) is 0 Å². The maximum absolute atomic E-state index is 5.15. The highest BCUT2D eigenvalue weighted by atomic mass is 28.3. The van der Waals surface area contributed by atoms with Crippen molar-refractivity contribution in [2.45, 2.75) is 13.1 Å². The number of rotatable bonds is 3. The number of benzene rings is 5. The van der Waals surface area contributed by atoms with Crippen LogP contribution in [0.4, 0.5) is 0 Å². The number of aromatic nitrogens is 3. The first-order valence-corrected chi connectivity index (χ1v) is 18.5. The van der Waals surface area contributed by atoms with Crippen molar-refractivity contribution >= 4 is 51.2 Å². The molecule has 0 saturated carbocycles. The van der Waals surface area contributed by atoms with Crippen molar-refractivity contribution in [2.24, 2.45) is 0 Å². The van der Waals surface area contributed by atoms with Crippen molar-refractivity contribution in [3.8, 4) is 44.9 Å². The molecule has 3 aromatic heterocycles. The molecule has 0 atom stereocenters. The third-order valence-corrected chi connectivity index (χ3v) is 13.0. The zero-order valence-electron chi connectivity index (χ0n) is 25.1. The molecule has 0 spiro atoms. The lowest BCUT2D eigenvalue weighted by molar-refractivity contribution is 1.36. The summed E-state index contributed by atoms with van der Waals surface area (Å²) >= 11 is 0. The minimum atomic E-state index is -1.70. The van der Waals surface area contributed by atoms with E-state index in [4.69, 9.17) is 15.0 Å². The van der Waals surface area contributed by atoms with Gasteiger partial charge in [0.25, 0.3) is 0 Å². The lowest BCUT2D eigenvalue weighted by Crippen LogP contribution is -2.49. The summed E-state index contributed by atoms with van der Waals surface area (Å²) in [5, 5.41) is 6.45. The van der Waals surface area contributed by atoms with Crippen molar-refractivity contribution in [2.75, 3.05) is 0 Å². The summed E-state index contributed by atoms with van der Waals surface area (Å²) in [6.45, 7) is 4.91. The minimum absolute atomic E-state index is 0.920. The molecule has 0 unspecified atom stereocenters. The highest BCUT2D eigenvalue weighted by Gasteiger charge is 2.38. The zero-order chi connectivity index (χ0) is 30.1. The van der Waals surface area contributed by atoms with Gasteiger partial charge in [0.1, 0.15) is 8.07 Å². The maximum Gasteiger partial charge on any atom is 0.113 e. The summed E-state index contributed by atoms with van der Waals surface area (Å²) < 4.78 is 0. The number of fused-ring (bicyclic) bond motifs is 8. The Morgan fingerprint density at radius 3 is 1.62 bits per heavy atom. The highest BCUT2D eigenvalue weighted by Crippen LogP contribution is 2.35. The normalized spacial score (nSPS) is 13.3. The Balaban J connectivity index is 1.09. The molecule has 3 nitrogen and oxygen atoms in total. The fourth-order valence-electron chi connectivity index (χ4n) is 7.08. The molecule has 212 valence electrons. The fraction of sp³-hybridized carbons (Fsp3) is 0.0488. The van der Waals surface area contributed by atoms with Gasteiger partial charge < -0.3 is 0 Å². The molecule has 5 aromatic carbocycles. The monoisotopic (exact) mass is 591 g/mol. The second-order valence-electron chi connectivity index (χ2n) is 12.5. The van der Waals surface area contributed by atoms with Gasteiger partial charge in [-0.05, 0) is 45.8 Å². The molecule has 0 amide bonds. The van der Waals surface area contributed by atoms with Gasteiger partial charge in [0.05, 0.1) is 33.6 Å². The smallest absolute Gasteiger partial charge is 0.113 e. The summed E-state index contributed by atoms with van der Waals surface area (Å²) in [5.41, 5.74) is 11.8. The molecule has 45 heavy (non-hydrogen) atoms. The van der Waals surface area contributed by atoms with Gasteiger partial charge in [-0.15, -0.1) is 0 Å². The van der Waals surface area contributed by atoms with Crippen molar-refractivity contribution < 1.29 is 0 Å². The van der Waals surface area contributed by atoms with Crippen LogP contribution in [0.1, 0.15) is 0 Å². The van der Waals surface area contributed by atoms with Crippen LogP contribution in [-0.4, -0.2) is 23.0 Å². The van der Waals surface area contributed by atoms with Crippen molar-refractivity contribution in [3.05, 3.63) is 140 Å². The Bertz CT molecular complexity index is 2450. The molecule has 0 N–H and O–H groups in total. The molecule has 8 aromatic rings. The van der Waals surface area contributed by atoms with Crippen LogP contribution in [0.3, 0.4) is 0 Å². The SMILES string of the molecule is C[Si]1(C)c2ccccc2-c2c1ccc1nc(-c3ccc(-c4ccc5ccc6ccc(-c7ccccc7)nc6c5n4)cc3)ccc21. The van der Waals surface area contributed by atoms with Crippen molar-refractivity contribution in [1.82, 2.24) is 15.0 Å². The van der Waals surface area contributed by atoms with Crippen LogP contribution in [-0.2, 0) is 0 Å². The molecule has 1 aliphatic rings. The predicted molar refractivity (Wildman–Crippen MR) is 191 cm³/mol. The molecule has 0 aliphatic carbocycles. The van der Waals surface area contributed by atoms with Gasteiger partial charge in [-0.25, -0.2) is 15.0 Å². The number of hydrogen-bond acceptors (Lipinski definition) is 3. The zero-order valence-corrected chi connectivity index (χ0v) is 26.1. The van der Waals surface area contributed by atoms with E-state index in [2.05, 4.69) is 134 Å². The van der Waals surface area contributed by atoms with Gasteiger partial charge >= 0.3 is 0 Å². The number of nitrogens with zero attached hydrogens (tertiary/aromatic N) is 3. The van der Waals surface area contributed by atoms with E-state index in [0.29, 0.717) is 0 Å². The fourth-order valence-corrected chi connectivity index (χ4v) is 10.2. The quantitative estimate of drug-likeness (QED) is 0.152. The van der Waals surface area contributed by atoms with E-state index in [0.717, 1.165) is 61.1 Å².